The Morgan fingerprint density at radius 3 is 2.80 bits per heavy atom. The average molecular weight is 302 g/mol. The summed E-state index contributed by atoms with van der Waals surface area (Å²) in [6.45, 7) is 0.789. The number of benzene rings is 1. The molecule has 2 aromatic heterocycles. The summed E-state index contributed by atoms with van der Waals surface area (Å²) in [5, 5.41) is 6.88. The Morgan fingerprint density at radius 2 is 2.05 bits per heavy atom. The van der Waals surface area contributed by atoms with Crippen molar-refractivity contribution in [2.45, 2.75) is 13.0 Å². The zero-order valence-corrected chi connectivity index (χ0v) is 12.4. The van der Waals surface area contributed by atoms with Crippen LogP contribution in [-0.2, 0) is 13.0 Å². The van der Waals surface area contributed by atoms with Crippen LogP contribution in [-0.4, -0.2) is 9.97 Å². The van der Waals surface area contributed by atoms with E-state index in [-0.39, 0.29) is 0 Å². The van der Waals surface area contributed by atoms with Crippen LogP contribution in [0.5, 0.6) is 0 Å². The average Bonchev–Trinajstić information content (AvgIpc) is 3.08. The first-order valence-electron chi connectivity index (χ1n) is 6.22. The number of thiazole rings is 2. The molecule has 2 heterocycles. The summed E-state index contributed by atoms with van der Waals surface area (Å²) < 4.78 is 0. The molecule has 6 heteroatoms. The van der Waals surface area contributed by atoms with Crippen LogP contribution in [0.3, 0.4) is 0 Å². The van der Waals surface area contributed by atoms with Gasteiger partial charge in [0.05, 0.1) is 5.69 Å². The Labute approximate surface area is 125 Å². The van der Waals surface area contributed by atoms with Gasteiger partial charge < -0.3 is 11.1 Å². The topological polar surface area (TPSA) is 63.8 Å². The highest BCUT2D eigenvalue weighted by Gasteiger charge is 2.05. The summed E-state index contributed by atoms with van der Waals surface area (Å²) in [5.74, 6) is 0. The first kappa shape index (κ1) is 13.1. The molecule has 0 amide bonds. The Balaban J connectivity index is 1.59. The van der Waals surface area contributed by atoms with E-state index in [1.165, 1.54) is 21.8 Å². The summed E-state index contributed by atoms with van der Waals surface area (Å²) in [7, 11) is 0. The molecule has 0 aliphatic rings. The molecule has 0 aliphatic carbocycles. The number of hydrogen-bond acceptors (Lipinski definition) is 6. The van der Waals surface area contributed by atoms with Gasteiger partial charge in [0.15, 0.2) is 10.3 Å². The van der Waals surface area contributed by atoms with Gasteiger partial charge in [-0.1, -0.05) is 30.3 Å². The van der Waals surface area contributed by atoms with Crippen molar-refractivity contribution in [1.82, 2.24) is 9.97 Å². The van der Waals surface area contributed by atoms with Gasteiger partial charge in [-0.05, 0) is 5.56 Å². The summed E-state index contributed by atoms with van der Waals surface area (Å²) >= 11 is 3.13. The second kappa shape index (κ2) is 6.02. The molecular formula is C14H14N4S2. The van der Waals surface area contributed by atoms with Gasteiger partial charge in [0, 0.05) is 29.4 Å². The van der Waals surface area contributed by atoms with E-state index in [0.29, 0.717) is 5.13 Å². The minimum Gasteiger partial charge on any atom is -0.375 e. The minimum atomic E-state index is 0.618. The van der Waals surface area contributed by atoms with Crippen LogP contribution in [0.4, 0.5) is 10.3 Å². The third kappa shape index (κ3) is 3.34. The number of rotatable bonds is 5. The van der Waals surface area contributed by atoms with Gasteiger partial charge in [-0.15, -0.1) is 22.7 Å². The van der Waals surface area contributed by atoms with Crippen LogP contribution in [0.25, 0.3) is 0 Å². The Hall–Kier alpha value is -1.92. The molecule has 0 aliphatic heterocycles. The zero-order chi connectivity index (χ0) is 13.8. The van der Waals surface area contributed by atoms with Gasteiger partial charge in [0.1, 0.15) is 0 Å². The minimum absolute atomic E-state index is 0.618. The van der Waals surface area contributed by atoms with Crippen LogP contribution in [0, 0.1) is 0 Å². The fraction of sp³-hybridized carbons (Fsp3) is 0.143. The summed E-state index contributed by atoms with van der Waals surface area (Å²) in [5.41, 5.74) is 7.88. The lowest BCUT2D eigenvalue weighted by molar-refractivity contribution is 1.12. The normalized spacial score (nSPS) is 10.6. The standard InChI is InChI=1S/C14H14N4S2/c15-13-18-11(9-19-13)6-12-8-17-14(20-12)16-7-10-4-2-1-3-5-10/h1-5,8-9H,6-7H2,(H2,15,18)(H,16,17). The fourth-order valence-corrected chi connectivity index (χ4v) is 3.21. The van der Waals surface area contributed by atoms with Crippen LogP contribution in [0.2, 0.25) is 0 Å². The molecule has 102 valence electrons. The van der Waals surface area contributed by atoms with E-state index in [4.69, 9.17) is 5.73 Å². The summed E-state index contributed by atoms with van der Waals surface area (Å²) in [4.78, 5) is 9.84. The predicted octanol–water partition coefficient (Wildman–Crippen LogP) is 3.38. The summed E-state index contributed by atoms with van der Waals surface area (Å²) in [6.07, 6.45) is 2.69. The smallest absolute Gasteiger partial charge is 0.183 e. The van der Waals surface area contributed by atoms with E-state index in [0.717, 1.165) is 23.8 Å². The SMILES string of the molecule is Nc1nc(Cc2cnc(NCc3ccccc3)s2)cs1. The Morgan fingerprint density at radius 1 is 1.20 bits per heavy atom. The first-order chi connectivity index (χ1) is 9.79. The van der Waals surface area contributed by atoms with Crippen LogP contribution < -0.4 is 11.1 Å². The van der Waals surface area contributed by atoms with Crippen molar-refractivity contribution in [3.05, 3.63) is 58.0 Å². The molecule has 4 nitrogen and oxygen atoms in total. The Bertz CT molecular complexity index is 675. The second-order valence-electron chi connectivity index (χ2n) is 4.32. The Kier molecular flexibility index (Phi) is 3.94. The lowest BCUT2D eigenvalue weighted by atomic mass is 10.2. The lowest BCUT2D eigenvalue weighted by Gasteiger charge is -2.01. The van der Waals surface area contributed by atoms with Gasteiger partial charge in [-0.25, -0.2) is 9.97 Å². The van der Waals surface area contributed by atoms with Crippen LogP contribution >= 0.6 is 22.7 Å². The van der Waals surface area contributed by atoms with Crippen LogP contribution in [0.15, 0.2) is 41.9 Å². The van der Waals surface area contributed by atoms with E-state index < -0.39 is 0 Å². The van der Waals surface area contributed by atoms with Gasteiger partial charge in [-0.2, -0.15) is 0 Å². The van der Waals surface area contributed by atoms with E-state index in [1.807, 2.05) is 29.8 Å². The van der Waals surface area contributed by atoms with Gasteiger partial charge >= 0.3 is 0 Å². The molecule has 3 N–H and O–H groups in total. The zero-order valence-electron chi connectivity index (χ0n) is 10.7. The van der Waals surface area contributed by atoms with Gasteiger partial charge in [0.2, 0.25) is 0 Å². The third-order valence-electron chi connectivity index (χ3n) is 2.76. The number of hydrogen-bond donors (Lipinski definition) is 2. The molecular weight excluding hydrogens is 288 g/mol. The maximum atomic E-state index is 5.63. The molecule has 0 atom stereocenters. The van der Waals surface area contributed by atoms with E-state index in [2.05, 4.69) is 27.4 Å². The number of nitrogens with one attached hydrogen (secondary N) is 1. The van der Waals surface area contributed by atoms with Gasteiger partial charge in [0.25, 0.3) is 0 Å². The molecule has 0 unspecified atom stereocenters. The maximum Gasteiger partial charge on any atom is 0.183 e. The molecule has 20 heavy (non-hydrogen) atoms. The molecule has 1 aromatic carbocycles. The summed E-state index contributed by atoms with van der Waals surface area (Å²) in [6, 6.07) is 10.3. The van der Waals surface area contributed by atoms with Crippen molar-refractivity contribution in [2.24, 2.45) is 0 Å². The lowest BCUT2D eigenvalue weighted by Crippen LogP contribution is -1.97. The van der Waals surface area contributed by atoms with Crippen LogP contribution in [0.1, 0.15) is 16.1 Å². The van der Waals surface area contributed by atoms with Crippen molar-refractivity contribution < 1.29 is 0 Å². The van der Waals surface area contributed by atoms with Crippen molar-refractivity contribution in [2.75, 3.05) is 11.1 Å². The van der Waals surface area contributed by atoms with Crippen molar-refractivity contribution in [1.29, 1.82) is 0 Å². The molecule has 0 bridgehead atoms. The molecule has 0 saturated heterocycles. The molecule has 3 aromatic rings. The van der Waals surface area contributed by atoms with Crippen molar-refractivity contribution in [3.63, 3.8) is 0 Å². The number of nitrogen functional groups attached to an aromatic ring is 1. The first-order valence-corrected chi connectivity index (χ1v) is 7.91. The number of aromatic nitrogens is 2. The quantitative estimate of drug-likeness (QED) is 0.758. The highest BCUT2D eigenvalue weighted by molar-refractivity contribution is 7.15. The largest absolute Gasteiger partial charge is 0.375 e. The van der Waals surface area contributed by atoms with Crippen molar-refractivity contribution >= 4 is 32.9 Å². The van der Waals surface area contributed by atoms with Crippen molar-refractivity contribution in [3.8, 4) is 0 Å². The van der Waals surface area contributed by atoms with Gasteiger partial charge in [-0.3, -0.25) is 0 Å². The predicted molar refractivity (Wildman–Crippen MR) is 85.2 cm³/mol. The highest BCUT2D eigenvalue weighted by atomic mass is 32.1. The molecule has 0 spiro atoms. The van der Waals surface area contributed by atoms with E-state index >= 15 is 0 Å². The second-order valence-corrected chi connectivity index (χ2v) is 6.33. The third-order valence-corrected chi connectivity index (χ3v) is 4.44. The number of nitrogens with zero attached hydrogens (tertiary/aromatic N) is 2. The number of anilines is 2. The fourth-order valence-electron chi connectivity index (χ4n) is 1.83. The number of nitrogens with two attached hydrogens (primary N) is 1. The maximum absolute atomic E-state index is 5.63. The highest BCUT2D eigenvalue weighted by Crippen LogP contribution is 2.22. The molecule has 0 saturated carbocycles. The van der Waals surface area contributed by atoms with E-state index in [1.54, 1.807) is 11.3 Å². The molecule has 0 fully saturated rings. The molecule has 0 radical (unpaired) electrons. The molecule has 3 rings (SSSR count). The van der Waals surface area contributed by atoms with E-state index in [9.17, 15) is 0 Å². The monoisotopic (exact) mass is 302 g/mol.